The Morgan fingerprint density at radius 2 is 1.81 bits per heavy atom. The highest BCUT2D eigenvalue weighted by molar-refractivity contribution is 7.92. The van der Waals surface area contributed by atoms with Crippen LogP contribution in [0.15, 0.2) is 77.8 Å². The first-order chi connectivity index (χ1) is 14.9. The SMILES string of the molecule is CCN(c1ccccc1)S(=O)(=O)c1ccc(N2CC(O)CC2c2ccc(F)cc2)nc1. The van der Waals surface area contributed by atoms with Crippen LogP contribution in [-0.4, -0.2) is 37.7 Å². The second kappa shape index (κ2) is 8.64. The first-order valence-corrected chi connectivity index (χ1v) is 11.6. The Morgan fingerprint density at radius 1 is 1.10 bits per heavy atom. The predicted octanol–water partition coefficient (Wildman–Crippen LogP) is 3.75. The maximum atomic E-state index is 13.3. The maximum absolute atomic E-state index is 13.3. The molecule has 1 N–H and O–H groups in total. The van der Waals surface area contributed by atoms with Gasteiger partial charge in [-0.05, 0) is 55.3 Å². The molecule has 0 saturated carbocycles. The molecule has 0 spiro atoms. The summed E-state index contributed by atoms with van der Waals surface area (Å²) in [6, 6.07) is 18.1. The Kier molecular flexibility index (Phi) is 5.93. The van der Waals surface area contributed by atoms with Crippen LogP contribution in [0, 0.1) is 5.82 Å². The summed E-state index contributed by atoms with van der Waals surface area (Å²) in [5, 5.41) is 10.2. The van der Waals surface area contributed by atoms with Gasteiger partial charge in [-0.15, -0.1) is 0 Å². The van der Waals surface area contributed by atoms with Crippen molar-refractivity contribution in [3.8, 4) is 0 Å². The highest BCUT2D eigenvalue weighted by Crippen LogP contribution is 2.36. The van der Waals surface area contributed by atoms with Gasteiger partial charge in [0.15, 0.2) is 0 Å². The zero-order valence-electron chi connectivity index (χ0n) is 17.1. The van der Waals surface area contributed by atoms with Crippen LogP contribution in [0.1, 0.15) is 24.9 Å². The normalized spacial score (nSPS) is 18.9. The summed E-state index contributed by atoms with van der Waals surface area (Å²) in [6.45, 7) is 2.44. The van der Waals surface area contributed by atoms with Gasteiger partial charge in [0.05, 0.1) is 17.8 Å². The van der Waals surface area contributed by atoms with E-state index in [1.807, 2.05) is 11.0 Å². The number of benzene rings is 2. The van der Waals surface area contributed by atoms with E-state index >= 15 is 0 Å². The van der Waals surface area contributed by atoms with Crippen molar-refractivity contribution in [2.24, 2.45) is 0 Å². The molecule has 1 aliphatic heterocycles. The van der Waals surface area contributed by atoms with Gasteiger partial charge in [-0.2, -0.15) is 0 Å². The highest BCUT2D eigenvalue weighted by atomic mass is 32.2. The van der Waals surface area contributed by atoms with Gasteiger partial charge >= 0.3 is 0 Å². The van der Waals surface area contributed by atoms with Gasteiger partial charge in [-0.3, -0.25) is 4.31 Å². The number of β-amino-alcohol motifs (C(OH)–C–C–N with tert-alkyl or cyclic N) is 1. The molecular weight excluding hydrogens is 417 g/mol. The minimum atomic E-state index is -3.76. The van der Waals surface area contributed by atoms with Gasteiger partial charge < -0.3 is 10.0 Å². The molecule has 2 atom stereocenters. The van der Waals surface area contributed by atoms with E-state index in [0.29, 0.717) is 31.0 Å². The van der Waals surface area contributed by atoms with Crippen LogP contribution in [0.25, 0.3) is 0 Å². The molecule has 3 aromatic rings. The number of aliphatic hydroxyl groups excluding tert-OH is 1. The molecular formula is C23H24FN3O3S. The van der Waals surface area contributed by atoms with Crippen molar-refractivity contribution in [2.75, 3.05) is 22.3 Å². The van der Waals surface area contributed by atoms with Crippen molar-refractivity contribution in [3.63, 3.8) is 0 Å². The fourth-order valence-electron chi connectivity index (χ4n) is 3.98. The second-order valence-corrected chi connectivity index (χ2v) is 9.33. The summed E-state index contributed by atoms with van der Waals surface area (Å²) in [4.78, 5) is 6.42. The summed E-state index contributed by atoms with van der Waals surface area (Å²) in [7, 11) is -3.76. The molecule has 31 heavy (non-hydrogen) atoms. The number of nitrogens with zero attached hydrogens (tertiary/aromatic N) is 3. The Balaban J connectivity index is 1.62. The number of aliphatic hydroxyl groups is 1. The summed E-state index contributed by atoms with van der Waals surface area (Å²) in [5.74, 6) is 0.244. The Labute approximate surface area is 181 Å². The molecule has 2 aromatic carbocycles. The number of hydrogen-bond donors (Lipinski definition) is 1. The largest absolute Gasteiger partial charge is 0.391 e. The summed E-state index contributed by atoms with van der Waals surface area (Å²) in [6.07, 6.45) is 1.29. The number of halogens is 1. The van der Waals surface area contributed by atoms with E-state index in [-0.39, 0.29) is 16.8 Å². The molecule has 6 nitrogen and oxygen atoms in total. The maximum Gasteiger partial charge on any atom is 0.265 e. The van der Waals surface area contributed by atoms with Crippen LogP contribution in [0.4, 0.5) is 15.9 Å². The molecule has 8 heteroatoms. The monoisotopic (exact) mass is 441 g/mol. The number of rotatable bonds is 6. The lowest BCUT2D eigenvalue weighted by molar-refractivity contribution is 0.194. The third-order valence-corrected chi connectivity index (χ3v) is 7.35. The van der Waals surface area contributed by atoms with E-state index in [0.717, 1.165) is 5.56 Å². The molecule has 0 aliphatic carbocycles. The van der Waals surface area contributed by atoms with E-state index in [9.17, 15) is 17.9 Å². The molecule has 2 unspecified atom stereocenters. The van der Waals surface area contributed by atoms with Crippen molar-refractivity contribution in [2.45, 2.75) is 30.4 Å². The molecule has 1 saturated heterocycles. The predicted molar refractivity (Wildman–Crippen MR) is 118 cm³/mol. The fraction of sp³-hybridized carbons (Fsp3) is 0.261. The minimum Gasteiger partial charge on any atom is -0.391 e. The van der Waals surface area contributed by atoms with Crippen LogP contribution in [0.2, 0.25) is 0 Å². The van der Waals surface area contributed by atoms with Crippen molar-refractivity contribution >= 4 is 21.5 Å². The zero-order valence-corrected chi connectivity index (χ0v) is 17.9. The summed E-state index contributed by atoms with van der Waals surface area (Å²) < 4.78 is 41.0. The Morgan fingerprint density at radius 3 is 2.42 bits per heavy atom. The van der Waals surface area contributed by atoms with Crippen LogP contribution >= 0.6 is 0 Å². The summed E-state index contributed by atoms with van der Waals surface area (Å²) >= 11 is 0. The zero-order chi connectivity index (χ0) is 22.0. The van der Waals surface area contributed by atoms with Gasteiger partial charge in [-0.1, -0.05) is 30.3 Å². The Hall–Kier alpha value is -2.97. The smallest absolute Gasteiger partial charge is 0.265 e. The van der Waals surface area contributed by atoms with E-state index in [1.54, 1.807) is 49.4 Å². The van der Waals surface area contributed by atoms with Crippen molar-refractivity contribution in [1.29, 1.82) is 0 Å². The number of para-hydroxylation sites is 1. The fourth-order valence-corrected chi connectivity index (χ4v) is 5.40. The van der Waals surface area contributed by atoms with Gasteiger partial charge in [0.1, 0.15) is 16.5 Å². The molecule has 1 fully saturated rings. The van der Waals surface area contributed by atoms with E-state index in [4.69, 9.17) is 0 Å². The number of anilines is 2. The topological polar surface area (TPSA) is 73.7 Å². The van der Waals surface area contributed by atoms with E-state index < -0.39 is 16.1 Å². The molecule has 162 valence electrons. The van der Waals surface area contributed by atoms with Gasteiger partial charge in [0.25, 0.3) is 10.0 Å². The Bertz CT molecular complexity index is 1120. The van der Waals surface area contributed by atoms with E-state index in [2.05, 4.69) is 4.98 Å². The van der Waals surface area contributed by atoms with Crippen LogP contribution in [0.3, 0.4) is 0 Å². The van der Waals surface area contributed by atoms with Gasteiger partial charge in [0.2, 0.25) is 0 Å². The second-order valence-electron chi connectivity index (χ2n) is 7.47. The number of pyridine rings is 1. The van der Waals surface area contributed by atoms with E-state index in [1.165, 1.54) is 28.7 Å². The molecule has 0 bridgehead atoms. The first kappa shape index (κ1) is 21.3. The standard InChI is InChI=1S/C23H24FN3O3S/c1-2-27(19-6-4-3-5-7-19)31(29,30)21-12-13-23(25-15-21)26-16-20(28)14-22(26)17-8-10-18(24)11-9-17/h3-13,15,20,22,28H,2,14,16H2,1H3. The first-order valence-electron chi connectivity index (χ1n) is 10.1. The molecule has 0 radical (unpaired) electrons. The third kappa shape index (κ3) is 4.26. The number of hydrogen-bond acceptors (Lipinski definition) is 5. The number of sulfonamides is 1. The number of aromatic nitrogens is 1. The minimum absolute atomic E-state index is 0.0973. The average Bonchev–Trinajstić information content (AvgIpc) is 3.17. The van der Waals surface area contributed by atoms with Gasteiger partial charge in [-0.25, -0.2) is 17.8 Å². The molecule has 1 aromatic heterocycles. The molecule has 1 aliphatic rings. The quantitative estimate of drug-likeness (QED) is 0.631. The molecule has 0 amide bonds. The van der Waals surface area contributed by atoms with Crippen LogP contribution < -0.4 is 9.21 Å². The molecule has 2 heterocycles. The van der Waals surface area contributed by atoms with Gasteiger partial charge in [0, 0.05) is 19.3 Å². The lowest BCUT2D eigenvalue weighted by Crippen LogP contribution is -2.31. The van der Waals surface area contributed by atoms with Crippen molar-refractivity contribution in [1.82, 2.24) is 4.98 Å². The average molecular weight is 442 g/mol. The molecule has 4 rings (SSSR count). The lowest BCUT2D eigenvalue weighted by atomic mass is 10.0. The van der Waals surface area contributed by atoms with Crippen LogP contribution in [0.5, 0.6) is 0 Å². The van der Waals surface area contributed by atoms with Crippen LogP contribution in [-0.2, 0) is 10.0 Å². The van der Waals surface area contributed by atoms with Crippen molar-refractivity contribution < 1.29 is 17.9 Å². The highest BCUT2D eigenvalue weighted by Gasteiger charge is 2.33. The van der Waals surface area contributed by atoms with Crippen molar-refractivity contribution in [3.05, 3.63) is 84.3 Å². The third-order valence-electron chi connectivity index (χ3n) is 5.47. The summed E-state index contributed by atoms with van der Waals surface area (Å²) in [5.41, 5.74) is 1.46. The lowest BCUT2D eigenvalue weighted by Gasteiger charge is -2.26.